The highest BCUT2D eigenvalue weighted by Crippen LogP contribution is 2.22. The molecular weight excluding hydrogens is 348 g/mol. The summed E-state index contributed by atoms with van der Waals surface area (Å²) in [6, 6.07) is 9.00. The van der Waals surface area contributed by atoms with E-state index >= 15 is 0 Å². The summed E-state index contributed by atoms with van der Waals surface area (Å²) in [5, 5.41) is 11.9. The number of hydrogen-bond donors (Lipinski definition) is 2. The predicted octanol–water partition coefficient (Wildman–Crippen LogP) is 3.45. The third-order valence-electron chi connectivity index (χ3n) is 2.41. The largest absolute Gasteiger partial charge is 0.478 e. The second-order valence-corrected chi connectivity index (χ2v) is 5.04. The molecule has 2 N–H and O–H groups in total. The molecule has 2 rings (SSSR count). The summed E-state index contributed by atoms with van der Waals surface area (Å²) < 4.78 is 0.509. The van der Waals surface area contributed by atoms with Gasteiger partial charge >= 0.3 is 5.97 Å². The van der Waals surface area contributed by atoms with Crippen molar-refractivity contribution in [1.29, 1.82) is 0 Å². The van der Waals surface area contributed by atoms with Gasteiger partial charge in [0.1, 0.15) is 10.3 Å². The number of aromatic carboxylic acids is 1. The van der Waals surface area contributed by atoms with Crippen LogP contribution in [0.3, 0.4) is 0 Å². The molecule has 0 bridgehead atoms. The molecule has 1 amide bonds. The second-order valence-electron chi connectivity index (χ2n) is 3.79. The van der Waals surface area contributed by atoms with Gasteiger partial charge in [-0.3, -0.25) is 4.79 Å². The molecule has 0 spiro atoms. The SMILES string of the molecule is O=C(Nc1cc(Cl)ccc1C(=O)O)c1cccc(Br)n1. The summed E-state index contributed by atoms with van der Waals surface area (Å²) in [5.74, 6) is -1.67. The van der Waals surface area contributed by atoms with Gasteiger partial charge in [-0.2, -0.15) is 0 Å². The fourth-order valence-corrected chi connectivity index (χ4v) is 2.04. The van der Waals surface area contributed by atoms with Gasteiger partial charge in [-0.25, -0.2) is 9.78 Å². The number of nitrogens with zero attached hydrogens (tertiary/aromatic N) is 1. The van der Waals surface area contributed by atoms with E-state index < -0.39 is 11.9 Å². The Kier molecular flexibility index (Phi) is 4.36. The number of carbonyl (C=O) groups is 2. The number of pyridine rings is 1. The number of carbonyl (C=O) groups excluding carboxylic acids is 1. The molecule has 1 aromatic heterocycles. The Morgan fingerprint density at radius 2 is 2.00 bits per heavy atom. The van der Waals surface area contributed by atoms with Crippen LogP contribution >= 0.6 is 27.5 Å². The predicted molar refractivity (Wildman–Crippen MR) is 78.3 cm³/mol. The van der Waals surface area contributed by atoms with Crippen molar-refractivity contribution in [3.05, 3.63) is 57.3 Å². The minimum atomic E-state index is -1.15. The van der Waals surface area contributed by atoms with E-state index in [2.05, 4.69) is 26.2 Å². The number of carboxylic acids is 1. The van der Waals surface area contributed by atoms with Gasteiger partial charge in [0.2, 0.25) is 0 Å². The lowest BCUT2D eigenvalue weighted by Gasteiger charge is -2.08. The number of carboxylic acid groups (broad SMARTS) is 1. The first-order valence-corrected chi connectivity index (χ1v) is 6.61. The molecule has 0 fully saturated rings. The van der Waals surface area contributed by atoms with E-state index in [0.29, 0.717) is 9.63 Å². The van der Waals surface area contributed by atoms with Crippen molar-refractivity contribution in [3.8, 4) is 0 Å². The zero-order valence-electron chi connectivity index (χ0n) is 9.93. The maximum Gasteiger partial charge on any atom is 0.337 e. The van der Waals surface area contributed by atoms with Gasteiger partial charge in [0.05, 0.1) is 11.3 Å². The fourth-order valence-electron chi connectivity index (χ4n) is 1.53. The Hall–Kier alpha value is -1.92. The highest BCUT2D eigenvalue weighted by Gasteiger charge is 2.15. The van der Waals surface area contributed by atoms with Gasteiger partial charge in [-0.15, -0.1) is 0 Å². The van der Waals surface area contributed by atoms with E-state index in [0.717, 1.165) is 0 Å². The molecule has 0 radical (unpaired) electrons. The molecule has 102 valence electrons. The second kappa shape index (κ2) is 6.02. The quantitative estimate of drug-likeness (QED) is 0.827. The summed E-state index contributed by atoms with van der Waals surface area (Å²) in [5.41, 5.74) is 0.241. The molecule has 20 heavy (non-hydrogen) atoms. The number of rotatable bonds is 3. The highest BCUT2D eigenvalue weighted by atomic mass is 79.9. The number of benzene rings is 1. The maximum atomic E-state index is 12.0. The molecule has 7 heteroatoms. The Bertz CT molecular complexity index is 691. The standard InChI is InChI=1S/C13H8BrClN2O3/c14-11-3-1-2-9(16-11)12(18)17-10-6-7(15)4-5-8(10)13(19)20/h1-6H,(H,17,18)(H,19,20). The molecule has 1 heterocycles. The number of nitrogens with one attached hydrogen (secondary N) is 1. The molecule has 0 saturated carbocycles. The molecular formula is C13H8BrClN2O3. The van der Waals surface area contributed by atoms with Crippen LogP contribution in [0.25, 0.3) is 0 Å². The van der Waals surface area contributed by atoms with Gasteiger partial charge in [0, 0.05) is 5.02 Å². The molecule has 0 saturated heterocycles. The van der Waals surface area contributed by atoms with Crippen molar-refractivity contribution in [2.24, 2.45) is 0 Å². The number of aromatic nitrogens is 1. The van der Waals surface area contributed by atoms with Gasteiger partial charge in [0.25, 0.3) is 5.91 Å². The average molecular weight is 356 g/mol. The van der Waals surface area contributed by atoms with Crippen molar-refractivity contribution in [1.82, 2.24) is 4.98 Å². The van der Waals surface area contributed by atoms with Crippen LogP contribution in [0.1, 0.15) is 20.8 Å². The summed E-state index contributed by atoms with van der Waals surface area (Å²) >= 11 is 8.97. The third-order valence-corrected chi connectivity index (χ3v) is 3.08. The number of halogens is 2. The van der Waals surface area contributed by atoms with Gasteiger partial charge in [-0.1, -0.05) is 17.7 Å². The molecule has 1 aromatic carbocycles. The van der Waals surface area contributed by atoms with Crippen molar-refractivity contribution in [2.75, 3.05) is 5.32 Å². The number of hydrogen-bond acceptors (Lipinski definition) is 3. The minimum absolute atomic E-state index is 0.0438. The topological polar surface area (TPSA) is 79.3 Å². The van der Waals surface area contributed by atoms with E-state index in [1.54, 1.807) is 12.1 Å². The van der Waals surface area contributed by atoms with Crippen LogP contribution in [-0.2, 0) is 0 Å². The Balaban J connectivity index is 2.32. The summed E-state index contributed by atoms with van der Waals surface area (Å²) in [7, 11) is 0. The highest BCUT2D eigenvalue weighted by molar-refractivity contribution is 9.10. The molecule has 0 aliphatic carbocycles. The summed E-state index contributed by atoms with van der Waals surface area (Å²) in [4.78, 5) is 27.1. The first-order valence-electron chi connectivity index (χ1n) is 5.44. The molecule has 0 aliphatic rings. The minimum Gasteiger partial charge on any atom is -0.478 e. The van der Waals surface area contributed by atoms with Crippen LogP contribution in [-0.4, -0.2) is 22.0 Å². The monoisotopic (exact) mass is 354 g/mol. The van der Waals surface area contributed by atoms with Crippen molar-refractivity contribution in [2.45, 2.75) is 0 Å². The Morgan fingerprint density at radius 3 is 2.65 bits per heavy atom. The average Bonchev–Trinajstić information content (AvgIpc) is 2.38. The van der Waals surface area contributed by atoms with Crippen LogP contribution in [0.15, 0.2) is 41.0 Å². The van der Waals surface area contributed by atoms with E-state index in [-0.39, 0.29) is 16.9 Å². The van der Waals surface area contributed by atoms with E-state index in [1.165, 1.54) is 24.3 Å². The van der Waals surface area contributed by atoms with Crippen LogP contribution in [0, 0.1) is 0 Å². The van der Waals surface area contributed by atoms with Crippen LogP contribution < -0.4 is 5.32 Å². The smallest absolute Gasteiger partial charge is 0.337 e. The first-order chi connectivity index (χ1) is 9.47. The normalized spacial score (nSPS) is 10.1. The van der Waals surface area contributed by atoms with Gasteiger partial charge < -0.3 is 10.4 Å². The van der Waals surface area contributed by atoms with E-state index in [4.69, 9.17) is 16.7 Å². The van der Waals surface area contributed by atoms with E-state index in [9.17, 15) is 9.59 Å². The molecule has 2 aromatic rings. The lowest BCUT2D eigenvalue weighted by molar-refractivity contribution is 0.0698. The molecule has 0 unspecified atom stereocenters. The fraction of sp³-hybridized carbons (Fsp3) is 0. The summed E-state index contributed by atoms with van der Waals surface area (Å²) in [6.45, 7) is 0. The van der Waals surface area contributed by atoms with Crippen molar-refractivity contribution < 1.29 is 14.7 Å². The van der Waals surface area contributed by atoms with Crippen LogP contribution in [0.2, 0.25) is 5.02 Å². The zero-order valence-corrected chi connectivity index (χ0v) is 12.3. The van der Waals surface area contributed by atoms with Crippen molar-refractivity contribution >= 4 is 45.1 Å². The Labute approximate surface area is 127 Å². The van der Waals surface area contributed by atoms with Crippen molar-refractivity contribution in [3.63, 3.8) is 0 Å². The zero-order chi connectivity index (χ0) is 14.7. The lowest BCUT2D eigenvalue weighted by Crippen LogP contribution is -2.16. The summed E-state index contributed by atoms with van der Waals surface area (Å²) in [6.07, 6.45) is 0. The third kappa shape index (κ3) is 3.34. The molecule has 5 nitrogen and oxygen atoms in total. The number of amides is 1. The maximum absolute atomic E-state index is 12.0. The first kappa shape index (κ1) is 14.5. The lowest BCUT2D eigenvalue weighted by atomic mass is 10.1. The van der Waals surface area contributed by atoms with Crippen LogP contribution in [0.4, 0.5) is 5.69 Å². The molecule has 0 atom stereocenters. The molecule has 0 aliphatic heterocycles. The Morgan fingerprint density at radius 1 is 1.25 bits per heavy atom. The van der Waals surface area contributed by atoms with Crippen LogP contribution in [0.5, 0.6) is 0 Å². The number of anilines is 1. The van der Waals surface area contributed by atoms with E-state index in [1.807, 2.05) is 0 Å². The van der Waals surface area contributed by atoms with Gasteiger partial charge in [0.15, 0.2) is 0 Å². The van der Waals surface area contributed by atoms with Gasteiger partial charge in [-0.05, 0) is 46.3 Å².